The largest absolute Gasteiger partial charge is 0.302 e. The molecule has 0 N–H and O–H groups in total. The van der Waals surface area contributed by atoms with Crippen LogP contribution in [0.2, 0.25) is 0 Å². The molecule has 0 bridgehead atoms. The van der Waals surface area contributed by atoms with E-state index < -0.39 is 0 Å². The Hall–Kier alpha value is -1.64. The van der Waals surface area contributed by atoms with Gasteiger partial charge in [0.25, 0.3) is 0 Å². The highest BCUT2D eigenvalue weighted by molar-refractivity contribution is 5.63. The zero-order valence-corrected chi connectivity index (χ0v) is 28.5. The third-order valence-electron chi connectivity index (χ3n) is 8.93. The average molecular weight is 577 g/mol. The molecule has 2 rings (SSSR count). The van der Waals surface area contributed by atoms with Crippen molar-refractivity contribution in [2.45, 2.75) is 155 Å². The van der Waals surface area contributed by atoms with E-state index in [0.717, 1.165) is 13.1 Å². The molecule has 0 amide bonds. The van der Waals surface area contributed by atoms with Crippen molar-refractivity contribution in [1.29, 1.82) is 0 Å². The van der Waals surface area contributed by atoms with Crippen LogP contribution >= 0.6 is 0 Å². The first-order valence-electron chi connectivity index (χ1n) is 18.2. The van der Waals surface area contributed by atoms with Gasteiger partial charge in [-0.05, 0) is 62.3 Å². The van der Waals surface area contributed by atoms with Gasteiger partial charge in [0.15, 0.2) is 0 Å². The third-order valence-corrected chi connectivity index (χ3v) is 8.93. The van der Waals surface area contributed by atoms with Crippen molar-refractivity contribution in [2.75, 3.05) is 27.2 Å². The van der Waals surface area contributed by atoms with Crippen molar-refractivity contribution in [3.05, 3.63) is 59.7 Å². The van der Waals surface area contributed by atoms with E-state index in [2.05, 4.69) is 86.3 Å². The van der Waals surface area contributed by atoms with Crippen LogP contribution < -0.4 is 0 Å². The van der Waals surface area contributed by atoms with Crippen molar-refractivity contribution >= 4 is 0 Å². The van der Waals surface area contributed by atoms with Crippen molar-refractivity contribution in [3.63, 3.8) is 0 Å². The van der Waals surface area contributed by atoms with E-state index in [0.29, 0.717) is 0 Å². The molecule has 238 valence electrons. The van der Waals surface area contributed by atoms with E-state index in [9.17, 15) is 0 Å². The van der Waals surface area contributed by atoms with Crippen LogP contribution in [0.4, 0.5) is 0 Å². The first kappa shape index (κ1) is 36.6. The first-order valence-corrected chi connectivity index (χ1v) is 18.2. The second-order valence-electron chi connectivity index (χ2n) is 13.2. The fourth-order valence-corrected chi connectivity index (χ4v) is 6.12. The van der Waals surface area contributed by atoms with Gasteiger partial charge in [0.2, 0.25) is 0 Å². The Bertz CT molecular complexity index is 783. The molecule has 0 heterocycles. The van der Waals surface area contributed by atoms with Crippen LogP contribution in [0.25, 0.3) is 11.1 Å². The number of rotatable bonds is 27. The predicted octanol–water partition coefficient (Wildman–Crippen LogP) is 12.1. The maximum absolute atomic E-state index is 2.49. The van der Waals surface area contributed by atoms with Gasteiger partial charge < -0.3 is 9.80 Å². The van der Waals surface area contributed by atoms with Gasteiger partial charge >= 0.3 is 0 Å². The lowest BCUT2D eigenvalue weighted by molar-refractivity contribution is 0.316. The van der Waals surface area contributed by atoms with Crippen molar-refractivity contribution in [1.82, 2.24) is 9.80 Å². The molecule has 2 nitrogen and oxygen atoms in total. The zero-order chi connectivity index (χ0) is 30.1. The number of unbranched alkanes of at least 4 members (excludes halogenated alkanes) is 18. The molecular weight excluding hydrogens is 508 g/mol. The number of hydrogen-bond acceptors (Lipinski definition) is 2. The summed E-state index contributed by atoms with van der Waals surface area (Å²) >= 11 is 0. The number of benzene rings is 2. The maximum Gasteiger partial charge on any atom is 0.0230 e. The molecule has 0 radical (unpaired) electrons. The lowest BCUT2D eigenvalue weighted by Gasteiger charge is -2.17. The van der Waals surface area contributed by atoms with Crippen LogP contribution in [0.5, 0.6) is 0 Å². The highest BCUT2D eigenvalue weighted by atomic mass is 15.1. The van der Waals surface area contributed by atoms with Crippen LogP contribution in [0.15, 0.2) is 48.5 Å². The molecule has 0 fully saturated rings. The average Bonchev–Trinajstić information content (AvgIpc) is 3.00. The summed E-state index contributed by atoms with van der Waals surface area (Å²) in [6.45, 7) is 9.08. The fraction of sp³-hybridized carbons (Fsp3) is 0.700. The molecule has 0 unspecified atom stereocenters. The number of nitrogens with zero attached hydrogens (tertiary/aromatic N) is 2. The summed E-state index contributed by atoms with van der Waals surface area (Å²) < 4.78 is 0. The maximum atomic E-state index is 2.49. The van der Waals surface area contributed by atoms with Gasteiger partial charge in [-0.25, -0.2) is 0 Å². The van der Waals surface area contributed by atoms with Gasteiger partial charge in [0.05, 0.1) is 0 Å². The lowest BCUT2D eigenvalue weighted by atomic mass is 10.0. The lowest BCUT2D eigenvalue weighted by Crippen LogP contribution is -2.19. The second kappa shape index (κ2) is 24.8. The molecule has 0 saturated carbocycles. The number of hydrogen-bond donors (Lipinski definition) is 0. The molecule has 0 aliphatic carbocycles. The summed E-state index contributed by atoms with van der Waals surface area (Å²) in [6, 6.07) is 18.5. The second-order valence-corrected chi connectivity index (χ2v) is 13.2. The Morgan fingerprint density at radius 3 is 0.905 bits per heavy atom. The molecular formula is C40H68N2. The Labute approximate surface area is 262 Å². The minimum Gasteiger partial charge on any atom is -0.302 e. The van der Waals surface area contributed by atoms with E-state index in [4.69, 9.17) is 0 Å². The van der Waals surface area contributed by atoms with Gasteiger partial charge in [-0.2, -0.15) is 0 Å². The summed E-state index contributed by atoms with van der Waals surface area (Å²) in [5.41, 5.74) is 5.47. The molecule has 0 saturated heterocycles. The van der Waals surface area contributed by atoms with E-state index in [1.165, 1.54) is 164 Å². The van der Waals surface area contributed by atoms with E-state index in [-0.39, 0.29) is 0 Å². The Morgan fingerprint density at radius 2 is 0.619 bits per heavy atom. The minimum absolute atomic E-state index is 1.04. The van der Waals surface area contributed by atoms with Gasteiger partial charge in [0, 0.05) is 13.1 Å². The van der Waals surface area contributed by atoms with Gasteiger partial charge in [-0.1, -0.05) is 178 Å². The molecule has 0 spiro atoms. The molecule has 2 aromatic rings. The first-order chi connectivity index (χ1) is 20.6. The van der Waals surface area contributed by atoms with Gasteiger partial charge in [-0.15, -0.1) is 0 Å². The quantitative estimate of drug-likeness (QED) is 0.0976. The smallest absolute Gasteiger partial charge is 0.0230 e. The third kappa shape index (κ3) is 18.1. The summed E-state index contributed by atoms with van der Waals surface area (Å²) in [7, 11) is 4.54. The van der Waals surface area contributed by atoms with E-state index >= 15 is 0 Å². The van der Waals surface area contributed by atoms with Crippen molar-refractivity contribution in [3.8, 4) is 11.1 Å². The predicted molar refractivity (Wildman–Crippen MR) is 188 cm³/mol. The zero-order valence-electron chi connectivity index (χ0n) is 28.5. The summed E-state index contributed by atoms with van der Waals surface area (Å²) in [5.74, 6) is 0. The fourth-order valence-electron chi connectivity index (χ4n) is 6.12. The van der Waals surface area contributed by atoms with Crippen LogP contribution in [0.1, 0.15) is 153 Å². The van der Waals surface area contributed by atoms with Gasteiger partial charge in [0.1, 0.15) is 0 Å². The molecule has 42 heavy (non-hydrogen) atoms. The van der Waals surface area contributed by atoms with Crippen LogP contribution in [-0.2, 0) is 13.1 Å². The van der Waals surface area contributed by atoms with Gasteiger partial charge in [-0.3, -0.25) is 0 Å². The van der Waals surface area contributed by atoms with E-state index in [1.807, 2.05) is 0 Å². The molecule has 2 heteroatoms. The Kier molecular flexibility index (Phi) is 21.6. The highest BCUT2D eigenvalue weighted by Gasteiger charge is 2.05. The van der Waals surface area contributed by atoms with Crippen LogP contribution in [0.3, 0.4) is 0 Å². The topological polar surface area (TPSA) is 6.48 Å². The normalized spacial score (nSPS) is 11.7. The van der Waals surface area contributed by atoms with Crippen molar-refractivity contribution < 1.29 is 0 Å². The summed E-state index contributed by atoms with van der Waals surface area (Å²) in [5, 5.41) is 0. The minimum atomic E-state index is 1.04. The standard InChI is InChI=1S/C40H68N2/c1-5-7-9-11-13-15-17-19-21-23-33-41(3)35-37-25-29-39(30-26-37)40-31-27-38(28-32-40)36-42(4)34-24-22-20-18-16-14-12-10-8-6-2/h25-32H,5-24,33-36H2,1-4H3. The van der Waals surface area contributed by atoms with Crippen LogP contribution in [0, 0.1) is 0 Å². The molecule has 2 aromatic carbocycles. The highest BCUT2D eigenvalue weighted by Crippen LogP contribution is 2.22. The summed E-state index contributed by atoms with van der Waals surface area (Å²) in [4.78, 5) is 4.97. The van der Waals surface area contributed by atoms with E-state index in [1.54, 1.807) is 0 Å². The monoisotopic (exact) mass is 577 g/mol. The molecule has 0 aromatic heterocycles. The Balaban J connectivity index is 1.56. The molecule has 0 aliphatic rings. The van der Waals surface area contributed by atoms with Crippen LogP contribution in [-0.4, -0.2) is 37.0 Å². The summed E-state index contributed by atoms with van der Waals surface area (Å²) in [6.07, 6.45) is 28.1. The Morgan fingerprint density at radius 1 is 0.357 bits per heavy atom. The molecule has 0 atom stereocenters. The van der Waals surface area contributed by atoms with Crippen molar-refractivity contribution in [2.24, 2.45) is 0 Å². The SMILES string of the molecule is CCCCCCCCCCCCN(C)Cc1ccc(-c2ccc(CN(C)CCCCCCCCCCCC)cc2)cc1. The molecule has 0 aliphatic heterocycles.